The van der Waals surface area contributed by atoms with Crippen LogP contribution in [0.15, 0.2) is 24.3 Å². The number of hydrogen-bond acceptors (Lipinski definition) is 3. The summed E-state index contributed by atoms with van der Waals surface area (Å²) >= 11 is 0. The summed E-state index contributed by atoms with van der Waals surface area (Å²) in [6.07, 6.45) is 0.902. The van der Waals surface area contributed by atoms with Crippen LogP contribution in [0, 0.1) is 11.2 Å². The minimum atomic E-state index is -0.467. The Balaban J connectivity index is 2.11. The van der Waals surface area contributed by atoms with Gasteiger partial charge in [-0.15, -0.1) is 0 Å². The number of piperazine rings is 1. The number of nitrogens with zero attached hydrogens (tertiary/aromatic N) is 2. The second-order valence-electron chi connectivity index (χ2n) is 8.45. The van der Waals surface area contributed by atoms with Crippen LogP contribution in [0.5, 0.6) is 0 Å². The number of amides is 2. The van der Waals surface area contributed by atoms with E-state index in [1.165, 1.54) is 6.07 Å². The summed E-state index contributed by atoms with van der Waals surface area (Å²) in [7, 11) is 0. The summed E-state index contributed by atoms with van der Waals surface area (Å²) in [6, 6.07) is 6.05. The number of nitrogens with one attached hydrogen (secondary N) is 1. The van der Waals surface area contributed by atoms with E-state index < -0.39 is 6.04 Å². The molecule has 1 heterocycles. The minimum absolute atomic E-state index is 0.0369. The van der Waals surface area contributed by atoms with Crippen LogP contribution in [0.25, 0.3) is 0 Å². The maximum absolute atomic E-state index is 14.0. The van der Waals surface area contributed by atoms with Crippen LogP contribution in [0.4, 0.5) is 4.39 Å². The van der Waals surface area contributed by atoms with Crippen molar-refractivity contribution in [1.29, 1.82) is 0 Å². The molecule has 1 aromatic carbocycles. The van der Waals surface area contributed by atoms with E-state index in [1.54, 1.807) is 23.1 Å². The van der Waals surface area contributed by atoms with Gasteiger partial charge in [0.1, 0.15) is 5.82 Å². The molecule has 1 saturated heterocycles. The standard InChI is InChI=1S/C21H32FN3O2/c1-5-11-24(14-16-8-6-7-9-17(16)22)19(26)13-18-20(27)23-10-12-25(18)15-21(2,3)4/h6-9,18H,5,10-15H2,1-4H3,(H,23,27). The largest absolute Gasteiger partial charge is 0.353 e. The molecule has 1 aromatic rings. The third-order valence-electron chi connectivity index (χ3n) is 4.65. The molecule has 1 aliphatic heterocycles. The third-order valence-corrected chi connectivity index (χ3v) is 4.65. The first-order valence-corrected chi connectivity index (χ1v) is 9.74. The third kappa shape index (κ3) is 6.31. The molecule has 0 saturated carbocycles. The van der Waals surface area contributed by atoms with E-state index in [1.807, 2.05) is 6.92 Å². The van der Waals surface area contributed by atoms with Crippen molar-refractivity contribution in [3.8, 4) is 0 Å². The molecule has 6 heteroatoms. The summed E-state index contributed by atoms with van der Waals surface area (Å²) in [5.41, 5.74) is 0.536. The van der Waals surface area contributed by atoms with Crippen LogP contribution in [-0.4, -0.2) is 53.8 Å². The highest BCUT2D eigenvalue weighted by Crippen LogP contribution is 2.21. The summed E-state index contributed by atoms with van der Waals surface area (Å²) in [5, 5.41) is 2.87. The molecule has 1 aliphatic rings. The van der Waals surface area contributed by atoms with Crippen LogP contribution in [0.2, 0.25) is 0 Å². The van der Waals surface area contributed by atoms with Crippen molar-refractivity contribution in [2.45, 2.75) is 53.1 Å². The Morgan fingerprint density at radius 3 is 2.67 bits per heavy atom. The van der Waals surface area contributed by atoms with Crippen LogP contribution in [0.1, 0.15) is 46.1 Å². The monoisotopic (exact) mass is 377 g/mol. The van der Waals surface area contributed by atoms with Gasteiger partial charge in [0.2, 0.25) is 11.8 Å². The fourth-order valence-corrected chi connectivity index (χ4v) is 3.47. The predicted octanol–water partition coefficient (Wildman–Crippen LogP) is 2.80. The van der Waals surface area contributed by atoms with Gasteiger partial charge >= 0.3 is 0 Å². The summed E-state index contributed by atoms with van der Waals surface area (Å²) in [6.45, 7) is 11.2. The van der Waals surface area contributed by atoms with Gasteiger partial charge in [-0.1, -0.05) is 45.9 Å². The Bertz CT molecular complexity index is 657. The van der Waals surface area contributed by atoms with Crippen LogP contribution < -0.4 is 5.32 Å². The molecule has 0 bridgehead atoms. The Hall–Kier alpha value is -1.95. The maximum atomic E-state index is 14.0. The van der Waals surface area contributed by atoms with Crippen molar-refractivity contribution in [1.82, 2.24) is 15.1 Å². The summed E-state index contributed by atoms with van der Waals surface area (Å²) in [4.78, 5) is 29.2. The van der Waals surface area contributed by atoms with E-state index in [-0.39, 0.29) is 36.0 Å². The van der Waals surface area contributed by atoms with E-state index in [2.05, 4.69) is 31.0 Å². The highest BCUT2D eigenvalue weighted by molar-refractivity contribution is 5.88. The smallest absolute Gasteiger partial charge is 0.237 e. The van der Waals surface area contributed by atoms with Gasteiger partial charge in [-0.25, -0.2) is 4.39 Å². The van der Waals surface area contributed by atoms with Gasteiger partial charge in [-0.2, -0.15) is 0 Å². The molecule has 2 amide bonds. The van der Waals surface area contributed by atoms with E-state index in [4.69, 9.17) is 0 Å². The van der Waals surface area contributed by atoms with E-state index in [9.17, 15) is 14.0 Å². The molecule has 0 aliphatic carbocycles. The normalized spacial score (nSPS) is 18.3. The van der Waals surface area contributed by atoms with Crippen LogP contribution in [0.3, 0.4) is 0 Å². The zero-order valence-corrected chi connectivity index (χ0v) is 16.9. The Kier molecular flexibility index (Phi) is 7.36. The number of hydrogen-bond donors (Lipinski definition) is 1. The van der Waals surface area contributed by atoms with Gasteiger partial charge in [-0.05, 0) is 17.9 Å². The highest BCUT2D eigenvalue weighted by atomic mass is 19.1. The van der Waals surface area contributed by atoms with Gasteiger partial charge < -0.3 is 10.2 Å². The molecule has 2 rings (SSSR count). The van der Waals surface area contributed by atoms with E-state index in [0.29, 0.717) is 18.7 Å². The number of rotatable bonds is 7. The molecule has 1 atom stereocenters. The quantitative estimate of drug-likeness (QED) is 0.795. The van der Waals surface area contributed by atoms with Crippen molar-refractivity contribution >= 4 is 11.8 Å². The number of carbonyl (C=O) groups is 2. The molecule has 5 nitrogen and oxygen atoms in total. The van der Waals surface area contributed by atoms with E-state index >= 15 is 0 Å². The first kappa shape index (κ1) is 21.4. The summed E-state index contributed by atoms with van der Waals surface area (Å²) in [5.74, 6) is -0.515. The van der Waals surface area contributed by atoms with Gasteiger partial charge in [0.25, 0.3) is 0 Å². The zero-order valence-electron chi connectivity index (χ0n) is 16.9. The van der Waals surface area contributed by atoms with Gasteiger partial charge in [0.05, 0.1) is 12.5 Å². The first-order chi connectivity index (χ1) is 12.7. The molecule has 0 aromatic heterocycles. The SMILES string of the molecule is CCCN(Cc1ccccc1F)C(=O)CC1C(=O)NCCN1CC(C)(C)C. The fourth-order valence-electron chi connectivity index (χ4n) is 3.47. The number of carbonyl (C=O) groups excluding carboxylic acids is 2. The zero-order chi connectivity index (χ0) is 20.0. The Morgan fingerprint density at radius 2 is 2.04 bits per heavy atom. The van der Waals surface area contributed by atoms with E-state index in [0.717, 1.165) is 19.5 Å². The average Bonchev–Trinajstić information content (AvgIpc) is 2.58. The van der Waals surface area contributed by atoms with Crippen molar-refractivity contribution < 1.29 is 14.0 Å². The molecule has 150 valence electrons. The molecular weight excluding hydrogens is 345 g/mol. The molecule has 1 fully saturated rings. The lowest BCUT2D eigenvalue weighted by molar-refractivity contribution is -0.139. The second-order valence-corrected chi connectivity index (χ2v) is 8.45. The van der Waals surface area contributed by atoms with Gasteiger partial charge in [-0.3, -0.25) is 14.5 Å². The Morgan fingerprint density at radius 1 is 1.33 bits per heavy atom. The van der Waals surface area contributed by atoms with Gasteiger partial charge in [0.15, 0.2) is 0 Å². The van der Waals surface area contributed by atoms with Gasteiger partial charge in [0, 0.05) is 38.3 Å². The van der Waals surface area contributed by atoms with Crippen molar-refractivity contribution in [3.05, 3.63) is 35.6 Å². The minimum Gasteiger partial charge on any atom is -0.353 e. The molecule has 27 heavy (non-hydrogen) atoms. The lowest BCUT2D eigenvalue weighted by Crippen LogP contribution is -2.58. The lowest BCUT2D eigenvalue weighted by atomic mass is 9.94. The molecule has 0 radical (unpaired) electrons. The Labute approximate surface area is 161 Å². The number of benzene rings is 1. The first-order valence-electron chi connectivity index (χ1n) is 9.74. The predicted molar refractivity (Wildman–Crippen MR) is 105 cm³/mol. The fraction of sp³-hybridized carbons (Fsp3) is 0.619. The van der Waals surface area contributed by atoms with Crippen LogP contribution >= 0.6 is 0 Å². The van der Waals surface area contributed by atoms with Crippen molar-refractivity contribution in [2.24, 2.45) is 5.41 Å². The highest BCUT2D eigenvalue weighted by Gasteiger charge is 2.34. The van der Waals surface area contributed by atoms with Crippen molar-refractivity contribution in [2.75, 3.05) is 26.2 Å². The molecular formula is C21H32FN3O2. The maximum Gasteiger partial charge on any atom is 0.237 e. The lowest BCUT2D eigenvalue weighted by Gasteiger charge is -2.39. The topological polar surface area (TPSA) is 52.7 Å². The second kappa shape index (κ2) is 9.31. The van der Waals surface area contributed by atoms with Crippen molar-refractivity contribution in [3.63, 3.8) is 0 Å². The molecule has 1 N–H and O–H groups in total. The summed E-state index contributed by atoms with van der Waals surface area (Å²) < 4.78 is 14.0. The average molecular weight is 378 g/mol. The van der Waals surface area contributed by atoms with Crippen LogP contribution in [-0.2, 0) is 16.1 Å². The molecule has 1 unspecified atom stereocenters. The molecule has 0 spiro atoms. The number of halogens is 1.